The molecule has 0 aliphatic carbocycles. The summed E-state index contributed by atoms with van der Waals surface area (Å²) in [6.07, 6.45) is 0. The third-order valence-electron chi connectivity index (χ3n) is 3.20. The van der Waals surface area contributed by atoms with Crippen LogP contribution in [0.1, 0.15) is 28.1 Å². The van der Waals surface area contributed by atoms with Gasteiger partial charge in [-0.25, -0.2) is 0 Å². The van der Waals surface area contributed by atoms with E-state index in [-0.39, 0.29) is 0 Å². The fourth-order valence-electron chi connectivity index (χ4n) is 2.05. The van der Waals surface area contributed by atoms with Crippen molar-refractivity contribution in [1.29, 1.82) is 0 Å². The second-order valence-corrected chi connectivity index (χ2v) is 4.87. The minimum atomic E-state index is 0.846. The Morgan fingerprint density at radius 2 is 1.78 bits per heavy atom. The van der Waals surface area contributed by atoms with Crippen LogP contribution in [0.2, 0.25) is 0 Å². The first-order valence-corrected chi connectivity index (χ1v) is 6.30. The topological polar surface area (TPSA) is 24.9 Å². The molecule has 0 aliphatic rings. The van der Waals surface area contributed by atoms with Crippen LogP contribution in [0.3, 0.4) is 0 Å². The molecule has 0 radical (unpaired) electrons. The van der Waals surface area contributed by atoms with E-state index in [4.69, 9.17) is 0 Å². The number of pyridine rings is 1. The number of benzene rings is 1. The molecule has 2 nitrogen and oxygen atoms in total. The van der Waals surface area contributed by atoms with Gasteiger partial charge in [-0.1, -0.05) is 23.8 Å². The van der Waals surface area contributed by atoms with Crippen molar-refractivity contribution in [2.45, 2.75) is 34.2 Å². The fraction of sp³-hybridized carbons (Fsp3) is 0.312. The summed E-state index contributed by atoms with van der Waals surface area (Å²) in [7, 11) is 0. The van der Waals surface area contributed by atoms with Gasteiger partial charge in [0, 0.05) is 12.2 Å². The molecule has 18 heavy (non-hydrogen) atoms. The van der Waals surface area contributed by atoms with Crippen molar-refractivity contribution in [3.63, 3.8) is 0 Å². The van der Waals surface area contributed by atoms with Crippen LogP contribution in [0, 0.1) is 27.7 Å². The van der Waals surface area contributed by atoms with E-state index in [2.05, 4.69) is 48.4 Å². The van der Waals surface area contributed by atoms with Gasteiger partial charge in [0.2, 0.25) is 0 Å². The van der Waals surface area contributed by atoms with E-state index in [9.17, 15) is 0 Å². The Morgan fingerprint density at radius 1 is 1.00 bits per heavy atom. The molecule has 0 saturated carbocycles. The molecule has 0 aliphatic heterocycles. The average molecular weight is 240 g/mol. The highest BCUT2D eigenvalue weighted by molar-refractivity contribution is 5.48. The fourth-order valence-corrected chi connectivity index (χ4v) is 2.05. The number of anilines is 1. The zero-order valence-electron chi connectivity index (χ0n) is 11.5. The van der Waals surface area contributed by atoms with E-state index in [1.165, 1.54) is 16.7 Å². The van der Waals surface area contributed by atoms with Gasteiger partial charge in [-0.2, -0.15) is 0 Å². The summed E-state index contributed by atoms with van der Waals surface area (Å²) in [5.74, 6) is 0. The smallest absolute Gasteiger partial charge is 0.0606 e. The highest BCUT2D eigenvalue weighted by Gasteiger charge is 2.02. The second kappa shape index (κ2) is 5.21. The largest absolute Gasteiger partial charge is 0.379 e. The first kappa shape index (κ1) is 12.6. The Bertz CT molecular complexity index is 559. The van der Waals surface area contributed by atoms with Crippen LogP contribution in [-0.4, -0.2) is 4.98 Å². The SMILES string of the molecule is Cc1ccc(C)c(CNc2ccc(C)nc2C)c1. The molecule has 1 aromatic heterocycles. The van der Waals surface area contributed by atoms with E-state index in [0.29, 0.717) is 0 Å². The predicted molar refractivity (Wildman–Crippen MR) is 77.0 cm³/mol. The summed E-state index contributed by atoms with van der Waals surface area (Å²) in [5, 5.41) is 3.46. The normalized spacial score (nSPS) is 10.4. The first-order valence-electron chi connectivity index (χ1n) is 6.30. The van der Waals surface area contributed by atoms with Crippen molar-refractivity contribution in [2.24, 2.45) is 0 Å². The highest BCUT2D eigenvalue weighted by atomic mass is 14.9. The molecule has 0 saturated heterocycles. The molecule has 0 fully saturated rings. The Hall–Kier alpha value is -1.83. The number of nitrogens with one attached hydrogen (secondary N) is 1. The Morgan fingerprint density at radius 3 is 2.50 bits per heavy atom. The van der Waals surface area contributed by atoms with Gasteiger partial charge in [-0.15, -0.1) is 0 Å². The molecule has 94 valence electrons. The van der Waals surface area contributed by atoms with Gasteiger partial charge in [0.15, 0.2) is 0 Å². The monoisotopic (exact) mass is 240 g/mol. The molecule has 2 aromatic rings. The van der Waals surface area contributed by atoms with Gasteiger partial charge in [0.25, 0.3) is 0 Å². The number of rotatable bonds is 3. The minimum Gasteiger partial charge on any atom is -0.379 e. The van der Waals surface area contributed by atoms with Gasteiger partial charge in [0.1, 0.15) is 0 Å². The number of nitrogens with zero attached hydrogens (tertiary/aromatic N) is 1. The maximum Gasteiger partial charge on any atom is 0.0606 e. The zero-order chi connectivity index (χ0) is 13.1. The van der Waals surface area contributed by atoms with Gasteiger partial charge < -0.3 is 5.32 Å². The summed E-state index contributed by atoms with van der Waals surface area (Å²) in [6.45, 7) is 9.18. The van der Waals surface area contributed by atoms with Gasteiger partial charge in [-0.05, 0) is 51.0 Å². The van der Waals surface area contributed by atoms with Crippen LogP contribution >= 0.6 is 0 Å². The average Bonchev–Trinajstić information content (AvgIpc) is 2.32. The van der Waals surface area contributed by atoms with Gasteiger partial charge in [0.05, 0.1) is 11.4 Å². The standard InChI is InChI=1S/C16H20N2/c1-11-5-6-12(2)15(9-11)10-17-16-8-7-13(3)18-14(16)4/h5-9,17H,10H2,1-4H3. The maximum atomic E-state index is 4.46. The van der Waals surface area contributed by atoms with E-state index >= 15 is 0 Å². The Balaban J connectivity index is 2.13. The molecule has 0 amide bonds. The summed E-state index contributed by atoms with van der Waals surface area (Å²) in [4.78, 5) is 4.46. The van der Waals surface area contributed by atoms with Crippen molar-refractivity contribution in [3.8, 4) is 0 Å². The Labute approximate surface area is 109 Å². The van der Waals surface area contributed by atoms with Crippen LogP contribution < -0.4 is 5.32 Å². The van der Waals surface area contributed by atoms with E-state index in [1.807, 2.05) is 19.9 Å². The number of aryl methyl sites for hydroxylation is 4. The maximum absolute atomic E-state index is 4.46. The first-order chi connectivity index (χ1) is 8.56. The number of hydrogen-bond acceptors (Lipinski definition) is 2. The lowest BCUT2D eigenvalue weighted by molar-refractivity contribution is 1.07. The molecule has 1 heterocycles. The van der Waals surface area contributed by atoms with Crippen LogP contribution in [-0.2, 0) is 6.54 Å². The number of hydrogen-bond donors (Lipinski definition) is 1. The van der Waals surface area contributed by atoms with Crippen molar-refractivity contribution >= 4 is 5.69 Å². The molecular formula is C16H20N2. The second-order valence-electron chi connectivity index (χ2n) is 4.87. The molecule has 0 unspecified atom stereocenters. The van der Waals surface area contributed by atoms with Crippen molar-refractivity contribution < 1.29 is 0 Å². The van der Waals surface area contributed by atoms with Gasteiger partial charge in [-0.3, -0.25) is 4.98 Å². The van der Waals surface area contributed by atoms with E-state index in [0.717, 1.165) is 23.6 Å². The lowest BCUT2D eigenvalue weighted by Crippen LogP contribution is -2.04. The third kappa shape index (κ3) is 2.89. The lowest BCUT2D eigenvalue weighted by Gasteiger charge is -2.12. The summed E-state index contributed by atoms with van der Waals surface area (Å²) >= 11 is 0. The van der Waals surface area contributed by atoms with Crippen molar-refractivity contribution in [2.75, 3.05) is 5.32 Å². The van der Waals surface area contributed by atoms with Crippen molar-refractivity contribution in [1.82, 2.24) is 4.98 Å². The van der Waals surface area contributed by atoms with Gasteiger partial charge >= 0.3 is 0 Å². The number of aromatic nitrogens is 1. The predicted octanol–water partition coefficient (Wildman–Crippen LogP) is 3.93. The molecule has 2 rings (SSSR count). The molecule has 0 spiro atoms. The van der Waals surface area contributed by atoms with Crippen LogP contribution in [0.25, 0.3) is 0 Å². The highest BCUT2D eigenvalue weighted by Crippen LogP contribution is 2.16. The molecule has 2 heteroatoms. The summed E-state index contributed by atoms with van der Waals surface area (Å²) < 4.78 is 0. The quantitative estimate of drug-likeness (QED) is 0.879. The molecule has 0 atom stereocenters. The third-order valence-corrected chi connectivity index (χ3v) is 3.20. The summed E-state index contributed by atoms with van der Waals surface area (Å²) in [5.41, 5.74) is 7.20. The minimum absolute atomic E-state index is 0.846. The Kier molecular flexibility index (Phi) is 3.66. The summed E-state index contributed by atoms with van der Waals surface area (Å²) in [6, 6.07) is 10.7. The van der Waals surface area contributed by atoms with Crippen LogP contribution in [0.5, 0.6) is 0 Å². The zero-order valence-corrected chi connectivity index (χ0v) is 11.5. The molecular weight excluding hydrogens is 220 g/mol. The van der Waals surface area contributed by atoms with E-state index < -0.39 is 0 Å². The van der Waals surface area contributed by atoms with Crippen LogP contribution in [0.4, 0.5) is 5.69 Å². The molecule has 1 N–H and O–H groups in total. The molecule has 1 aromatic carbocycles. The van der Waals surface area contributed by atoms with E-state index in [1.54, 1.807) is 0 Å². The van der Waals surface area contributed by atoms with Crippen molar-refractivity contribution in [3.05, 3.63) is 58.4 Å². The lowest BCUT2D eigenvalue weighted by atomic mass is 10.1. The molecule has 0 bridgehead atoms. The van der Waals surface area contributed by atoms with Crippen LogP contribution in [0.15, 0.2) is 30.3 Å².